The molecule has 0 fully saturated rings. The molecule has 4 aromatic rings. The Hall–Kier alpha value is -2.20. The largest absolute Gasteiger partial charge is 0.275 e. The number of thiophene rings is 1. The van der Waals surface area contributed by atoms with E-state index in [0.717, 1.165) is 20.3 Å². The van der Waals surface area contributed by atoms with Gasteiger partial charge in [0.1, 0.15) is 10.3 Å². The first-order valence-electron chi connectivity index (χ1n) is 5.63. The van der Waals surface area contributed by atoms with Crippen LogP contribution in [0.25, 0.3) is 25.9 Å². The third-order valence-corrected chi connectivity index (χ3v) is 4.20. The van der Waals surface area contributed by atoms with Gasteiger partial charge in [0.05, 0.1) is 5.52 Å². The van der Waals surface area contributed by atoms with Crippen LogP contribution in [-0.2, 0) is 0 Å². The molecule has 18 heavy (non-hydrogen) atoms. The van der Waals surface area contributed by atoms with Crippen LogP contribution >= 0.6 is 11.3 Å². The van der Waals surface area contributed by atoms with E-state index in [0.29, 0.717) is 5.65 Å². The summed E-state index contributed by atoms with van der Waals surface area (Å²) in [6, 6.07) is 13.6. The fourth-order valence-electron chi connectivity index (χ4n) is 2.21. The van der Waals surface area contributed by atoms with E-state index in [1.807, 2.05) is 42.5 Å². The summed E-state index contributed by atoms with van der Waals surface area (Å²) in [6.45, 7) is 0. The van der Waals surface area contributed by atoms with Gasteiger partial charge in [0, 0.05) is 16.3 Å². The van der Waals surface area contributed by atoms with Crippen molar-refractivity contribution in [2.24, 2.45) is 0 Å². The molecule has 0 amide bonds. The third-order valence-electron chi connectivity index (χ3n) is 3.05. The fraction of sp³-hybridized carbons (Fsp3) is 0. The summed E-state index contributed by atoms with van der Waals surface area (Å²) in [7, 11) is 0. The van der Waals surface area contributed by atoms with Gasteiger partial charge in [-0.15, -0.1) is 11.3 Å². The maximum Gasteiger partial charge on any atom is 0.275 e. The number of hydrogen-bond acceptors (Lipinski definition) is 3. The number of hydrogen-bond donors (Lipinski definition) is 0. The van der Waals surface area contributed by atoms with Gasteiger partial charge < -0.3 is 0 Å². The summed E-state index contributed by atoms with van der Waals surface area (Å²) in [4.78, 5) is 17.0. The molecule has 4 heteroatoms. The van der Waals surface area contributed by atoms with Gasteiger partial charge in [0.25, 0.3) is 5.56 Å². The van der Waals surface area contributed by atoms with E-state index >= 15 is 0 Å². The normalized spacial score (nSPS) is 11.6. The SMILES string of the molecule is O=c1c2sc3ccccc3c2nc2ccccn12. The summed E-state index contributed by atoms with van der Waals surface area (Å²) in [5.74, 6) is 0. The molecule has 3 aromatic heterocycles. The van der Waals surface area contributed by atoms with Crippen molar-refractivity contribution in [3.05, 3.63) is 59.0 Å². The maximum atomic E-state index is 12.4. The van der Waals surface area contributed by atoms with E-state index in [4.69, 9.17) is 0 Å². The maximum absolute atomic E-state index is 12.4. The van der Waals surface area contributed by atoms with Gasteiger partial charge in [0.2, 0.25) is 0 Å². The molecule has 0 saturated carbocycles. The van der Waals surface area contributed by atoms with E-state index < -0.39 is 0 Å². The first-order valence-corrected chi connectivity index (χ1v) is 6.45. The predicted molar refractivity (Wildman–Crippen MR) is 74.4 cm³/mol. The summed E-state index contributed by atoms with van der Waals surface area (Å²) >= 11 is 1.51. The van der Waals surface area contributed by atoms with Crippen molar-refractivity contribution in [3.8, 4) is 0 Å². The molecule has 0 aliphatic rings. The van der Waals surface area contributed by atoms with E-state index in [-0.39, 0.29) is 5.56 Å². The summed E-state index contributed by atoms with van der Waals surface area (Å²) in [6.07, 6.45) is 1.76. The van der Waals surface area contributed by atoms with E-state index in [1.165, 1.54) is 11.3 Å². The Labute approximate surface area is 106 Å². The van der Waals surface area contributed by atoms with Crippen LogP contribution in [0.4, 0.5) is 0 Å². The van der Waals surface area contributed by atoms with Gasteiger partial charge in [-0.3, -0.25) is 9.20 Å². The van der Waals surface area contributed by atoms with Crippen LogP contribution in [0.5, 0.6) is 0 Å². The standard InChI is InChI=1S/C14H8N2OS/c17-14-13-12(9-5-1-2-6-10(9)18-13)15-11-7-3-4-8-16(11)14/h1-8H. The number of fused-ring (bicyclic) bond motifs is 4. The molecule has 0 aliphatic carbocycles. The van der Waals surface area contributed by atoms with Crippen LogP contribution < -0.4 is 5.56 Å². The highest BCUT2D eigenvalue weighted by Gasteiger charge is 2.11. The van der Waals surface area contributed by atoms with Crippen LogP contribution in [0.3, 0.4) is 0 Å². The Kier molecular flexibility index (Phi) is 1.85. The first-order chi connectivity index (χ1) is 8.84. The van der Waals surface area contributed by atoms with Crippen molar-refractivity contribution in [2.45, 2.75) is 0 Å². The number of rotatable bonds is 0. The monoisotopic (exact) mass is 252 g/mol. The number of benzene rings is 1. The second-order valence-corrected chi connectivity index (χ2v) is 5.17. The quantitative estimate of drug-likeness (QED) is 0.482. The summed E-state index contributed by atoms with van der Waals surface area (Å²) in [5, 5.41) is 1.06. The minimum atomic E-state index is 0.0109. The summed E-state index contributed by atoms with van der Waals surface area (Å²) in [5.41, 5.74) is 1.52. The molecule has 0 radical (unpaired) electrons. The number of nitrogens with zero attached hydrogens (tertiary/aromatic N) is 2. The van der Waals surface area contributed by atoms with Crippen LogP contribution in [0.1, 0.15) is 0 Å². The highest BCUT2D eigenvalue weighted by molar-refractivity contribution is 7.25. The van der Waals surface area contributed by atoms with Crippen LogP contribution in [0.15, 0.2) is 53.5 Å². The van der Waals surface area contributed by atoms with Crippen molar-refractivity contribution in [1.82, 2.24) is 9.38 Å². The van der Waals surface area contributed by atoms with E-state index in [2.05, 4.69) is 4.98 Å². The molecule has 1 aromatic carbocycles. The molecule has 0 aliphatic heterocycles. The topological polar surface area (TPSA) is 34.4 Å². The molecule has 0 unspecified atom stereocenters. The second kappa shape index (κ2) is 3.40. The second-order valence-electron chi connectivity index (χ2n) is 4.12. The molecule has 3 heterocycles. The van der Waals surface area contributed by atoms with Crippen molar-refractivity contribution in [2.75, 3.05) is 0 Å². The van der Waals surface area contributed by atoms with Gasteiger partial charge >= 0.3 is 0 Å². The highest BCUT2D eigenvalue weighted by Crippen LogP contribution is 2.30. The minimum Gasteiger partial charge on any atom is -0.267 e. The molecular formula is C14H8N2OS. The van der Waals surface area contributed by atoms with Gasteiger partial charge in [-0.25, -0.2) is 4.98 Å². The Bertz CT molecular complexity index is 952. The Balaban J connectivity index is 2.38. The van der Waals surface area contributed by atoms with Gasteiger partial charge in [-0.1, -0.05) is 24.3 Å². The molecule has 86 valence electrons. The fourth-order valence-corrected chi connectivity index (χ4v) is 3.29. The predicted octanol–water partition coefficient (Wildman–Crippen LogP) is 3.06. The van der Waals surface area contributed by atoms with Gasteiger partial charge in [-0.2, -0.15) is 0 Å². The lowest BCUT2D eigenvalue weighted by molar-refractivity contribution is 1.08. The lowest BCUT2D eigenvalue weighted by Gasteiger charge is -1.98. The average Bonchev–Trinajstić information content (AvgIpc) is 2.79. The molecule has 0 bridgehead atoms. The van der Waals surface area contributed by atoms with Crippen LogP contribution in [0.2, 0.25) is 0 Å². The molecule has 0 spiro atoms. The van der Waals surface area contributed by atoms with Crippen LogP contribution in [-0.4, -0.2) is 9.38 Å². The zero-order chi connectivity index (χ0) is 12.1. The molecule has 4 rings (SSSR count). The van der Waals surface area contributed by atoms with E-state index in [9.17, 15) is 4.79 Å². The van der Waals surface area contributed by atoms with Gasteiger partial charge in [-0.05, 0) is 18.2 Å². The van der Waals surface area contributed by atoms with Crippen molar-refractivity contribution < 1.29 is 0 Å². The third kappa shape index (κ3) is 1.18. The van der Waals surface area contributed by atoms with Gasteiger partial charge in [0.15, 0.2) is 0 Å². The smallest absolute Gasteiger partial charge is 0.267 e. The molecular weight excluding hydrogens is 244 g/mol. The van der Waals surface area contributed by atoms with E-state index in [1.54, 1.807) is 10.6 Å². The Morgan fingerprint density at radius 1 is 1.06 bits per heavy atom. The van der Waals surface area contributed by atoms with Crippen molar-refractivity contribution in [1.29, 1.82) is 0 Å². The first kappa shape index (κ1) is 9.79. The highest BCUT2D eigenvalue weighted by atomic mass is 32.1. The summed E-state index contributed by atoms with van der Waals surface area (Å²) < 4.78 is 3.42. The molecule has 0 atom stereocenters. The van der Waals surface area contributed by atoms with Crippen molar-refractivity contribution in [3.63, 3.8) is 0 Å². The lowest BCUT2D eigenvalue weighted by atomic mass is 10.2. The van der Waals surface area contributed by atoms with Crippen molar-refractivity contribution >= 4 is 37.3 Å². The zero-order valence-electron chi connectivity index (χ0n) is 9.33. The molecule has 0 N–H and O–H groups in total. The lowest BCUT2D eigenvalue weighted by Crippen LogP contribution is -2.13. The Morgan fingerprint density at radius 3 is 2.83 bits per heavy atom. The van der Waals surface area contributed by atoms with Crippen LogP contribution in [0, 0.1) is 0 Å². The molecule has 3 nitrogen and oxygen atoms in total. The molecule has 0 saturated heterocycles. The minimum absolute atomic E-state index is 0.0109. The number of pyridine rings is 1. The average molecular weight is 252 g/mol. The number of aromatic nitrogens is 2. The zero-order valence-corrected chi connectivity index (χ0v) is 10.1. The Morgan fingerprint density at radius 2 is 1.89 bits per heavy atom.